The number of fused-ring (bicyclic) bond motifs is 2. The molecule has 0 aliphatic heterocycles. The van der Waals surface area contributed by atoms with Gasteiger partial charge in [-0.25, -0.2) is 14.8 Å². The first kappa shape index (κ1) is 22.0. The van der Waals surface area contributed by atoms with Crippen molar-refractivity contribution in [1.82, 2.24) is 14.5 Å². The number of aromatic nitrogens is 3. The average molecular weight is 413 g/mol. The topological polar surface area (TPSA) is 92.3 Å². The molecular formula is C23H32N4O3. The highest BCUT2D eigenvalue weighted by Gasteiger charge is 2.24. The predicted octanol–water partition coefficient (Wildman–Crippen LogP) is 4.72. The summed E-state index contributed by atoms with van der Waals surface area (Å²) in [5.74, 6) is -0.119. The summed E-state index contributed by atoms with van der Waals surface area (Å²) < 4.78 is 12.5. The van der Waals surface area contributed by atoms with Crippen LogP contribution < -0.4 is 5.73 Å². The Morgan fingerprint density at radius 3 is 2.37 bits per heavy atom. The number of rotatable bonds is 12. The first-order chi connectivity index (χ1) is 14.7. The largest absolute Gasteiger partial charge is 0.462 e. The summed E-state index contributed by atoms with van der Waals surface area (Å²) in [5.41, 5.74) is 9.16. The summed E-state index contributed by atoms with van der Waals surface area (Å²) in [4.78, 5) is 22.2. The molecule has 30 heavy (non-hydrogen) atoms. The number of carbonyl (C=O) groups is 1. The van der Waals surface area contributed by atoms with Crippen molar-refractivity contribution in [1.29, 1.82) is 0 Å². The van der Waals surface area contributed by atoms with Crippen molar-refractivity contribution in [2.24, 2.45) is 0 Å². The van der Waals surface area contributed by atoms with Crippen LogP contribution in [0.5, 0.6) is 0 Å². The molecule has 0 atom stereocenters. The number of ether oxygens (including phenoxy) is 2. The van der Waals surface area contributed by atoms with Gasteiger partial charge >= 0.3 is 5.97 Å². The fraction of sp³-hybridized carbons (Fsp3) is 0.522. The van der Waals surface area contributed by atoms with Gasteiger partial charge < -0.3 is 19.8 Å². The molecular weight excluding hydrogens is 380 g/mol. The lowest BCUT2D eigenvalue weighted by Gasteiger charge is -2.07. The first-order valence-corrected chi connectivity index (χ1v) is 10.9. The van der Waals surface area contributed by atoms with Gasteiger partial charge in [-0.15, -0.1) is 0 Å². The molecule has 0 saturated heterocycles. The summed E-state index contributed by atoms with van der Waals surface area (Å²) in [7, 11) is 1.63. The molecule has 0 unspecified atom stereocenters. The van der Waals surface area contributed by atoms with E-state index in [-0.39, 0.29) is 0 Å². The number of unbranched alkanes of at least 4 members (excludes halogenated alkanes) is 6. The van der Waals surface area contributed by atoms with Crippen LogP contribution in [0.4, 0.5) is 5.82 Å². The van der Waals surface area contributed by atoms with E-state index in [4.69, 9.17) is 20.2 Å². The highest BCUT2D eigenvalue weighted by Crippen LogP contribution is 2.28. The second-order valence-corrected chi connectivity index (χ2v) is 7.55. The zero-order valence-corrected chi connectivity index (χ0v) is 18.0. The summed E-state index contributed by atoms with van der Waals surface area (Å²) in [6.07, 6.45) is 8.14. The van der Waals surface area contributed by atoms with Gasteiger partial charge in [0.2, 0.25) is 0 Å². The van der Waals surface area contributed by atoms with Crippen LogP contribution in [0.1, 0.15) is 62.2 Å². The molecule has 2 heterocycles. The molecule has 0 saturated carbocycles. The van der Waals surface area contributed by atoms with Crippen molar-refractivity contribution in [3.8, 4) is 0 Å². The molecule has 3 rings (SSSR count). The minimum atomic E-state index is -0.441. The van der Waals surface area contributed by atoms with E-state index in [0.717, 1.165) is 23.9 Å². The number of nitrogens with zero attached hydrogens (tertiary/aromatic N) is 3. The first-order valence-electron chi connectivity index (χ1n) is 10.9. The van der Waals surface area contributed by atoms with E-state index in [9.17, 15) is 4.79 Å². The zero-order chi connectivity index (χ0) is 21.3. The second-order valence-electron chi connectivity index (χ2n) is 7.55. The lowest BCUT2D eigenvalue weighted by atomic mass is 10.1. The maximum Gasteiger partial charge on any atom is 0.344 e. The molecule has 3 aromatic rings. The number of anilines is 1. The quantitative estimate of drug-likeness (QED) is 0.342. The average Bonchev–Trinajstić information content (AvgIpc) is 3.02. The van der Waals surface area contributed by atoms with Crippen LogP contribution in [0, 0.1) is 0 Å². The van der Waals surface area contributed by atoms with Gasteiger partial charge in [0.25, 0.3) is 0 Å². The summed E-state index contributed by atoms with van der Waals surface area (Å²) in [5, 5.41) is 0. The maximum absolute atomic E-state index is 12.9. The molecule has 0 fully saturated rings. The molecule has 7 heteroatoms. The molecule has 2 aromatic heterocycles. The van der Waals surface area contributed by atoms with E-state index in [2.05, 4.69) is 11.9 Å². The van der Waals surface area contributed by atoms with E-state index in [1.54, 1.807) is 11.7 Å². The van der Waals surface area contributed by atoms with E-state index in [0.29, 0.717) is 42.3 Å². The van der Waals surface area contributed by atoms with E-state index in [1.807, 2.05) is 24.3 Å². The van der Waals surface area contributed by atoms with Crippen molar-refractivity contribution >= 4 is 34.0 Å². The van der Waals surface area contributed by atoms with Gasteiger partial charge in [-0.1, -0.05) is 57.6 Å². The monoisotopic (exact) mass is 412 g/mol. The lowest BCUT2D eigenvalue weighted by molar-refractivity contribution is 0.0500. The van der Waals surface area contributed by atoms with E-state index in [1.165, 1.54) is 32.1 Å². The number of nitrogen functional groups attached to an aromatic ring is 1. The van der Waals surface area contributed by atoms with Crippen molar-refractivity contribution in [2.75, 3.05) is 26.1 Å². The van der Waals surface area contributed by atoms with Crippen molar-refractivity contribution < 1.29 is 14.3 Å². The maximum atomic E-state index is 12.9. The zero-order valence-electron chi connectivity index (χ0n) is 18.0. The van der Waals surface area contributed by atoms with Gasteiger partial charge in [-0.2, -0.15) is 0 Å². The number of para-hydroxylation sites is 2. The minimum Gasteiger partial charge on any atom is -0.462 e. The number of methoxy groups -OCH3 is 1. The third kappa shape index (κ3) is 5.08. The number of hydrogen-bond donors (Lipinski definition) is 1. The van der Waals surface area contributed by atoms with Crippen LogP contribution in [0.15, 0.2) is 24.3 Å². The van der Waals surface area contributed by atoms with Crippen molar-refractivity contribution in [3.63, 3.8) is 0 Å². The molecule has 2 N–H and O–H groups in total. The van der Waals surface area contributed by atoms with Gasteiger partial charge in [0.05, 0.1) is 24.2 Å². The number of benzene rings is 1. The van der Waals surface area contributed by atoms with Gasteiger partial charge in [-0.3, -0.25) is 0 Å². The highest BCUT2D eigenvalue weighted by atomic mass is 16.5. The fourth-order valence-electron chi connectivity index (χ4n) is 3.62. The Labute approximate surface area is 177 Å². The molecule has 0 spiro atoms. The second kappa shape index (κ2) is 10.9. The number of nitrogens with two attached hydrogens (primary N) is 1. The van der Waals surface area contributed by atoms with Gasteiger partial charge in [0.15, 0.2) is 5.65 Å². The lowest BCUT2D eigenvalue weighted by Crippen LogP contribution is -2.12. The molecule has 0 amide bonds. The normalized spacial score (nSPS) is 11.4. The molecule has 1 aromatic carbocycles. The van der Waals surface area contributed by atoms with Gasteiger partial charge in [-0.05, 0) is 18.6 Å². The van der Waals surface area contributed by atoms with E-state index < -0.39 is 5.97 Å². The summed E-state index contributed by atoms with van der Waals surface area (Å²) >= 11 is 0. The SMILES string of the molecule is CCCCCCCCCOC(=O)c1c(N)n(CCOC)c2nc3ccccc3nc12. The highest BCUT2D eigenvalue weighted by molar-refractivity contribution is 6.08. The van der Waals surface area contributed by atoms with Crippen LogP contribution in [0.25, 0.3) is 22.2 Å². The Bertz CT molecular complexity index is 983. The van der Waals surface area contributed by atoms with Gasteiger partial charge in [0, 0.05) is 13.7 Å². The van der Waals surface area contributed by atoms with Crippen LogP contribution in [-0.2, 0) is 16.0 Å². The number of hydrogen-bond acceptors (Lipinski definition) is 6. The molecule has 0 radical (unpaired) electrons. The van der Waals surface area contributed by atoms with Gasteiger partial charge in [0.1, 0.15) is 16.9 Å². The Morgan fingerprint density at radius 1 is 1.00 bits per heavy atom. The Balaban J connectivity index is 1.76. The van der Waals surface area contributed by atoms with E-state index >= 15 is 0 Å². The van der Waals surface area contributed by atoms with Crippen molar-refractivity contribution in [3.05, 3.63) is 29.8 Å². The van der Waals surface area contributed by atoms with Crippen LogP contribution in [0.3, 0.4) is 0 Å². The van der Waals surface area contributed by atoms with Crippen LogP contribution >= 0.6 is 0 Å². The fourth-order valence-corrected chi connectivity index (χ4v) is 3.62. The molecule has 0 aliphatic carbocycles. The summed E-state index contributed by atoms with van der Waals surface area (Å²) in [6.45, 7) is 3.54. The standard InChI is InChI=1S/C23H32N4O3/c1-3-4-5-6-7-8-11-15-30-23(28)19-20-22(27(21(19)24)14-16-29-2)26-18-13-10-9-12-17(18)25-20/h9-10,12-13H,3-8,11,14-16,24H2,1-2H3. The predicted molar refractivity (Wildman–Crippen MR) is 120 cm³/mol. The number of esters is 1. The van der Waals surface area contributed by atoms with Crippen LogP contribution in [0.2, 0.25) is 0 Å². The Hall–Kier alpha value is -2.67. The Kier molecular flexibility index (Phi) is 8.02. The van der Waals surface area contributed by atoms with Crippen LogP contribution in [-0.4, -0.2) is 40.8 Å². The molecule has 162 valence electrons. The molecule has 0 aliphatic rings. The Morgan fingerprint density at radius 2 is 1.67 bits per heavy atom. The minimum absolute atomic E-state index is 0.294. The molecule has 7 nitrogen and oxygen atoms in total. The van der Waals surface area contributed by atoms with Crippen molar-refractivity contribution in [2.45, 2.75) is 58.4 Å². The summed E-state index contributed by atoms with van der Waals surface area (Å²) in [6, 6.07) is 7.57. The molecule has 0 bridgehead atoms. The smallest absolute Gasteiger partial charge is 0.344 e. The third-order valence-corrected chi connectivity index (χ3v) is 5.30. The third-order valence-electron chi connectivity index (χ3n) is 5.30. The number of carbonyl (C=O) groups excluding carboxylic acids is 1.